The molecule has 0 aliphatic carbocycles. The Morgan fingerprint density at radius 3 is 2.48 bits per heavy atom. The molecule has 0 unspecified atom stereocenters. The highest BCUT2D eigenvalue weighted by molar-refractivity contribution is 5.48. The summed E-state index contributed by atoms with van der Waals surface area (Å²) in [6.45, 7) is 0.978. The topological polar surface area (TPSA) is 75.5 Å². The Hall–Kier alpha value is -2.40. The van der Waals surface area contributed by atoms with E-state index >= 15 is 0 Å². The van der Waals surface area contributed by atoms with Crippen LogP contribution in [0.2, 0.25) is 0 Å². The van der Waals surface area contributed by atoms with E-state index in [2.05, 4.69) is 5.32 Å². The molecule has 1 heterocycles. The van der Waals surface area contributed by atoms with Gasteiger partial charge in [-0.15, -0.1) is 0 Å². The molecule has 0 spiro atoms. The molecule has 1 aliphatic heterocycles. The second kappa shape index (κ2) is 6.38. The van der Waals surface area contributed by atoms with Crippen LogP contribution in [0.5, 0.6) is 23.0 Å². The van der Waals surface area contributed by atoms with Gasteiger partial charge in [0.25, 0.3) is 0 Å². The number of quaternary nitrogens is 1. The van der Waals surface area contributed by atoms with Gasteiger partial charge in [0.15, 0.2) is 23.0 Å². The first-order valence-electron chi connectivity index (χ1n) is 7.71. The molecule has 0 aromatic heterocycles. The van der Waals surface area contributed by atoms with Crippen molar-refractivity contribution in [2.24, 2.45) is 0 Å². The Kier molecular flexibility index (Phi) is 4.30. The minimum absolute atomic E-state index is 0.157. The van der Waals surface area contributed by atoms with Crippen LogP contribution in [0.15, 0.2) is 30.3 Å². The van der Waals surface area contributed by atoms with Crippen LogP contribution in [0.25, 0.3) is 0 Å². The van der Waals surface area contributed by atoms with Crippen LogP contribution >= 0.6 is 0 Å². The number of phenolic OH excluding ortho intramolecular Hbond substituents is 2. The molecule has 0 bridgehead atoms. The Labute approximate surface area is 135 Å². The van der Waals surface area contributed by atoms with Gasteiger partial charge in [0.2, 0.25) is 0 Å². The molecular weight excluding hydrogens is 294 g/mol. The van der Waals surface area contributed by atoms with Gasteiger partial charge in [-0.05, 0) is 35.4 Å². The van der Waals surface area contributed by atoms with Crippen molar-refractivity contribution >= 4 is 0 Å². The van der Waals surface area contributed by atoms with Crippen LogP contribution < -0.4 is 14.8 Å². The average molecular weight is 316 g/mol. The van der Waals surface area contributed by atoms with Crippen molar-refractivity contribution in [3.05, 3.63) is 47.0 Å². The lowest BCUT2D eigenvalue weighted by molar-refractivity contribution is -0.698. The summed E-state index contributed by atoms with van der Waals surface area (Å²) in [6, 6.07) is 9.47. The van der Waals surface area contributed by atoms with Crippen molar-refractivity contribution < 1.29 is 25.0 Å². The molecule has 0 amide bonds. The number of hydrogen-bond donors (Lipinski definition) is 3. The van der Waals surface area contributed by atoms with Crippen LogP contribution in [-0.2, 0) is 12.8 Å². The highest BCUT2D eigenvalue weighted by atomic mass is 16.5. The first kappa shape index (κ1) is 15.5. The van der Waals surface area contributed by atoms with E-state index < -0.39 is 0 Å². The number of methoxy groups -OCH3 is 2. The summed E-state index contributed by atoms with van der Waals surface area (Å²) in [5.74, 6) is 1.33. The smallest absolute Gasteiger partial charge is 0.161 e. The molecule has 1 aliphatic rings. The third-order valence-corrected chi connectivity index (χ3v) is 4.40. The fourth-order valence-electron chi connectivity index (χ4n) is 3.23. The number of nitrogens with two attached hydrogens (primary N) is 1. The molecule has 122 valence electrons. The van der Waals surface area contributed by atoms with Gasteiger partial charge in [-0.3, -0.25) is 0 Å². The quantitative estimate of drug-likeness (QED) is 0.799. The summed E-state index contributed by atoms with van der Waals surface area (Å²) in [5, 5.41) is 22.2. The van der Waals surface area contributed by atoms with Gasteiger partial charge < -0.3 is 25.0 Å². The third kappa shape index (κ3) is 3.05. The first-order valence-corrected chi connectivity index (χ1v) is 7.71. The third-order valence-electron chi connectivity index (χ3n) is 4.40. The lowest BCUT2D eigenvalue weighted by Gasteiger charge is -2.25. The van der Waals surface area contributed by atoms with Crippen molar-refractivity contribution in [1.82, 2.24) is 0 Å². The van der Waals surface area contributed by atoms with E-state index in [1.54, 1.807) is 32.4 Å². The largest absolute Gasteiger partial charge is 0.504 e. The highest BCUT2D eigenvalue weighted by Gasteiger charge is 2.25. The normalized spacial score (nSPS) is 16.7. The van der Waals surface area contributed by atoms with E-state index in [1.807, 2.05) is 12.1 Å². The molecule has 0 radical (unpaired) electrons. The van der Waals surface area contributed by atoms with Gasteiger partial charge >= 0.3 is 0 Å². The van der Waals surface area contributed by atoms with E-state index in [4.69, 9.17) is 9.47 Å². The fourth-order valence-corrected chi connectivity index (χ4v) is 3.23. The molecule has 0 saturated carbocycles. The van der Waals surface area contributed by atoms with E-state index in [0.717, 1.165) is 30.5 Å². The first-order chi connectivity index (χ1) is 11.1. The van der Waals surface area contributed by atoms with Crippen molar-refractivity contribution in [3.8, 4) is 23.0 Å². The van der Waals surface area contributed by atoms with E-state index in [0.29, 0.717) is 11.5 Å². The lowest BCUT2D eigenvalue weighted by atomic mass is 9.90. The standard InChI is InChI=1S/C18H21NO4/c1-22-17-4-3-11(8-15(17)20)7-14-13-10-18(23-2)16(21)9-12(13)5-6-19-14/h3-4,8-10,14,19-21H,5-7H2,1-2H3/p+1/t14-/m0/s1. The van der Waals surface area contributed by atoms with Crippen molar-refractivity contribution in [3.63, 3.8) is 0 Å². The zero-order valence-corrected chi connectivity index (χ0v) is 13.4. The van der Waals surface area contributed by atoms with Gasteiger partial charge in [-0.2, -0.15) is 0 Å². The van der Waals surface area contributed by atoms with Crippen molar-refractivity contribution in [1.29, 1.82) is 0 Å². The van der Waals surface area contributed by atoms with Gasteiger partial charge in [-0.1, -0.05) is 6.07 Å². The molecule has 3 rings (SSSR count). The molecule has 0 saturated heterocycles. The zero-order chi connectivity index (χ0) is 16.4. The minimum atomic E-state index is 0.157. The molecule has 4 N–H and O–H groups in total. The second-order valence-corrected chi connectivity index (χ2v) is 5.81. The van der Waals surface area contributed by atoms with Gasteiger partial charge in [-0.25, -0.2) is 0 Å². The number of rotatable bonds is 4. The molecule has 1 atom stereocenters. The van der Waals surface area contributed by atoms with Crippen molar-refractivity contribution in [2.75, 3.05) is 20.8 Å². The summed E-state index contributed by atoms with van der Waals surface area (Å²) < 4.78 is 10.3. The summed E-state index contributed by atoms with van der Waals surface area (Å²) in [5.41, 5.74) is 3.39. The molecule has 5 nitrogen and oxygen atoms in total. The Balaban J connectivity index is 1.89. The number of hydrogen-bond acceptors (Lipinski definition) is 4. The van der Waals surface area contributed by atoms with Crippen LogP contribution in [-0.4, -0.2) is 31.0 Å². The fraction of sp³-hybridized carbons (Fsp3) is 0.333. The molecule has 5 heteroatoms. The van der Waals surface area contributed by atoms with Crippen molar-refractivity contribution in [2.45, 2.75) is 18.9 Å². The van der Waals surface area contributed by atoms with Gasteiger partial charge in [0, 0.05) is 18.4 Å². The van der Waals surface area contributed by atoms with Crippen LogP contribution in [0.3, 0.4) is 0 Å². The predicted molar refractivity (Wildman–Crippen MR) is 86.3 cm³/mol. The van der Waals surface area contributed by atoms with E-state index in [1.165, 1.54) is 5.56 Å². The zero-order valence-electron chi connectivity index (χ0n) is 13.4. The van der Waals surface area contributed by atoms with Crippen LogP contribution in [0.1, 0.15) is 22.7 Å². The predicted octanol–water partition coefficient (Wildman–Crippen LogP) is 1.52. The number of phenols is 2. The minimum Gasteiger partial charge on any atom is -0.504 e. The molecule has 23 heavy (non-hydrogen) atoms. The summed E-state index contributed by atoms with van der Waals surface area (Å²) >= 11 is 0. The van der Waals surface area contributed by atoms with Gasteiger partial charge in [0.05, 0.1) is 20.8 Å². The van der Waals surface area contributed by atoms with E-state index in [9.17, 15) is 10.2 Å². The maximum atomic E-state index is 9.95. The number of benzene rings is 2. The monoisotopic (exact) mass is 316 g/mol. The average Bonchev–Trinajstić information content (AvgIpc) is 2.54. The Bertz CT molecular complexity index is 714. The summed E-state index contributed by atoms with van der Waals surface area (Å²) in [6.07, 6.45) is 1.72. The van der Waals surface area contributed by atoms with Gasteiger partial charge in [0.1, 0.15) is 6.04 Å². The maximum absolute atomic E-state index is 9.95. The summed E-state index contributed by atoms with van der Waals surface area (Å²) in [4.78, 5) is 0. The van der Waals surface area contributed by atoms with Crippen LogP contribution in [0, 0.1) is 0 Å². The Morgan fingerprint density at radius 1 is 1.04 bits per heavy atom. The number of fused-ring (bicyclic) bond motifs is 1. The molecule has 0 fully saturated rings. The molecule has 2 aromatic rings. The highest BCUT2D eigenvalue weighted by Crippen LogP contribution is 2.34. The maximum Gasteiger partial charge on any atom is 0.161 e. The van der Waals surface area contributed by atoms with E-state index in [-0.39, 0.29) is 17.5 Å². The number of ether oxygens (including phenoxy) is 2. The lowest BCUT2D eigenvalue weighted by Crippen LogP contribution is -2.87. The SMILES string of the molecule is COc1ccc(C[C@@H]2[NH2+]CCc3cc(O)c(OC)cc32)cc1O. The second-order valence-electron chi connectivity index (χ2n) is 5.81. The summed E-state index contributed by atoms with van der Waals surface area (Å²) in [7, 11) is 3.10. The molecule has 2 aromatic carbocycles. The number of aromatic hydroxyl groups is 2. The van der Waals surface area contributed by atoms with Crippen LogP contribution in [0.4, 0.5) is 0 Å². The molecular formula is C18H22NO4+. The Morgan fingerprint density at radius 2 is 1.78 bits per heavy atom.